The number of hydrogen-bond donors (Lipinski definition) is 1. The number of halogens is 1. The first-order valence-corrected chi connectivity index (χ1v) is 9.88. The van der Waals surface area contributed by atoms with Crippen molar-refractivity contribution < 1.29 is 9.18 Å². The molecule has 31 heavy (non-hydrogen) atoms. The van der Waals surface area contributed by atoms with E-state index in [-0.39, 0.29) is 24.2 Å². The molecule has 4 aromatic rings. The average Bonchev–Trinajstić information content (AvgIpc) is 3.31. The summed E-state index contributed by atoms with van der Waals surface area (Å²) in [6, 6.07) is 15.1. The van der Waals surface area contributed by atoms with Crippen LogP contribution in [0.3, 0.4) is 0 Å². The van der Waals surface area contributed by atoms with Gasteiger partial charge in [0.25, 0.3) is 0 Å². The van der Waals surface area contributed by atoms with E-state index in [1.54, 1.807) is 30.0 Å². The lowest BCUT2D eigenvalue weighted by atomic mass is 10.2. The molecule has 1 N–H and O–H groups in total. The predicted molar refractivity (Wildman–Crippen MR) is 114 cm³/mol. The van der Waals surface area contributed by atoms with Crippen LogP contribution >= 0.6 is 0 Å². The summed E-state index contributed by atoms with van der Waals surface area (Å²) in [6.45, 7) is 2.19. The first-order chi connectivity index (χ1) is 15.0. The summed E-state index contributed by atoms with van der Waals surface area (Å²) in [5, 5.41) is 7.36. The molecule has 5 rings (SSSR count). The largest absolute Gasteiger partial charge is 0.353 e. The number of rotatable bonds is 4. The minimum absolute atomic E-state index is 0.177. The van der Waals surface area contributed by atoms with Crippen molar-refractivity contribution in [3.8, 4) is 0 Å². The molecule has 1 aliphatic rings. The molecule has 0 saturated heterocycles. The molecule has 1 aliphatic heterocycles. The predicted octanol–water partition coefficient (Wildman–Crippen LogP) is 2.67. The number of fused-ring (bicyclic) bond motifs is 2. The van der Waals surface area contributed by atoms with Gasteiger partial charge in [0, 0.05) is 29.7 Å². The van der Waals surface area contributed by atoms with Crippen LogP contribution in [0.1, 0.15) is 11.3 Å². The van der Waals surface area contributed by atoms with E-state index in [1.807, 2.05) is 24.3 Å². The fraction of sp³-hybridized carbons (Fsp3) is 0.182. The van der Waals surface area contributed by atoms with Gasteiger partial charge in [0.1, 0.15) is 12.4 Å². The number of aryl methyl sites for hydroxylation is 1. The normalized spacial score (nSPS) is 12.9. The fourth-order valence-electron chi connectivity index (χ4n) is 3.81. The second kappa shape index (κ2) is 7.35. The number of amides is 1. The number of hydrogen-bond acceptors (Lipinski definition) is 5. The van der Waals surface area contributed by atoms with Gasteiger partial charge in [-0.05, 0) is 49.2 Å². The number of anilines is 3. The van der Waals surface area contributed by atoms with Crippen molar-refractivity contribution in [2.45, 2.75) is 19.9 Å². The van der Waals surface area contributed by atoms with E-state index >= 15 is 0 Å². The van der Waals surface area contributed by atoms with E-state index in [1.165, 1.54) is 16.5 Å². The number of carbonyl (C=O) groups excluding carboxylic acids is 1. The van der Waals surface area contributed by atoms with Crippen LogP contribution in [-0.4, -0.2) is 31.6 Å². The molecule has 2 aromatic heterocycles. The van der Waals surface area contributed by atoms with Crippen LogP contribution in [0.5, 0.6) is 0 Å². The quantitative estimate of drug-likeness (QED) is 0.551. The Kier molecular flexibility index (Phi) is 4.50. The number of benzene rings is 2. The van der Waals surface area contributed by atoms with E-state index in [2.05, 4.69) is 15.4 Å². The van der Waals surface area contributed by atoms with Gasteiger partial charge in [-0.3, -0.25) is 4.79 Å². The standard InChI is InChI=1S/C22H19FN6O2/c1-14-12-19-26-28(13-20(30)27-11-10-15-4-2-3-5-18(15)27)22(31)29(19)21(24-14)25-17-8-6-16(23)7-9-17/h2-9,12H,10-11,13H2,1H3,(H,24,25). The third-order valence-electron chi connectivity index (χ3n) is 5.27. The molecule has 2 aromatic carbocycles. The highest BCUT2D eigenvalue weighted by Gasteiger charge is 2.25. The first-order valence-electron chi connectivity index (χ1n) is 9.88. The smallest absolute Gasteiger partial charge is 0.325 e. The number of carbonyl (C=O) groups is 1. The highest BCUT2D eigenvalue weighted by atomic mass is 19.1. The van der Waals surface area contributed by atoms with Gasteiger partial charge in [-0.25, -0.2) is 23.3 Å². The topological polar surface area (TPSA) is 84.5 Å². The molecule has 0 aliphatic carbocycles. The summed E-state index contributed by atoms with van der Waals surface area (Å²) in [6.07, 6.45) is 0.789. The van der Waals surface area contributed by atoms with Crippen molar-refractivity contribution in [3.63, 3.8) is 0 Å². The summed E-state index contributed by atoms with van der Waals surface area (Å²) < 4.78 is 15.7. The average molecular weight is 418 g/mol. The van der Waals surface area contributed by atoms with E-state index in [0.717, 1.165) is 22.4 Å². The van der Waals surface area contributed by atoms with Crippen molar-refractivity contribution in [1.29, 1.82) is 0 Å². The summed E-state index contributed by atoms with van der Waals surface area (Å²) in [5.41, 5.74) is 3.10. The molecular formula is C22H19FN6O2. The third-order valence-corrected chi connectivity index (χ3v) is 5.27. The molecule has 0 bridgehead atoms. The molecule has 1 amide bonds. The Balaban J connectivity index is 1.48. The Labute approximate surface area is 176 Å². The van der Waals surface area contributed by atoms with Crippen molar-refractivity contribution in [3.05, 3.63) is 82.2 Å². The maximum Gasteiger partial charge on any atom is 0.353 e. The van der Waals surface area contributed by atoms with Gasteiger partial charge in [0.15, 0.2) is 5.65 Å². The van der Waals surface area contributed by atoms with Gasteiger partial charge in [0.05, 0.1) is 0 Å². The molecular weight excluding hydrogens is 399 g/mol. The Bertz CT molecular complexity index is 1360. The minimum atomic E-state index is -0.479. The summed E-state index contributed by atoms with van der Waals surface area (Å²) in [7, 11) is 0. The van der Waals surface area contributed by atoms with Gasteiger partial charge in [-0.15, -0.1) is 5.10 Å². The van der Waals surface area contributed by atoms with Crippen molar-refractivity contribution in [2.24, 2.45) is 0 Å². The van der Waals surface area contributed by atoms with E-state index in [9.17, 15) is 14.0 Å². The van der Waals surface area contributed by atoms with E-state index in [0.29, 0.717) is 23.6 Å². The van der Waals surface area contributed by atoms with E-state index < -0.39 is 5.69 Å². The van der Waals surface area contributed by atoms with Crippen molar-refractivity contribution >= 4 is 28.9 Å². The molecule has 156 valence electrons. The summed E-state index contributed by atoms with van der Waals surface area (Å²) >= 11 is 0. The molecule has 0 saturated carbocycles. The van der Waals surface area contributed by atoms with Crippen molar-refractivity contribution in [2.75, 3.05) is 16.8 Å². The van der Waals surface area contributed by atoms with Crippen LogP contribution in [0.4, 0.5) is 21.7 Å². The van der Waals surface area contributed by atoms with E-state index in [4.69, 9.17) is 0 Å². The maximum atomic E-state index is 13.2. The molecule has 0 fully saturated rings. The van der Waals surface area contributed by atoms with Gasteiger partial charge in [-0.2, -0.15) is 0 Å². The molecule has 3 heterocycles. The summed E-state index contributed by atoms with van der Waals surface area (Å²) in [4.78, 5) is 32.1. The molecule has 0 radical (unpaired) electrons. The third kappa shape index (κ3) is 3.43. The Hall–Kier alpha value is -4.01. The van der Waals surface area contributed by atoms with Crippen LogP contribution in [0.2, 0.25) is 0 Å². The van der Waals surface area contributed by atoms with Gasteiger partial charge < -0.3 is 10.2 Å². The fourth-order valence-corrected chi connectivity index (χ4v) is 3.81. The number of aromatic nitrogens is 4. The lowest BCUT2D eigenvalue weighted by Crippen LogP contribution is -2.36. The van der Waals surface area contributed by atoms with Crippen LogP contribution in [0, 0.1) is 12.7 Å². The number of nitrogens with one attached hydrogen (secondary N) is 1. The number of nitrogens with zero attached hydrogens (tertiary/aromatic N) is 5. The van der Waals surface area contributed by atoms with Crippen molar-refractivity contribution in [1.82, 2.24) is 19.2 Å². The second-order valence-corrected chi connectivity index (χ2v) is 7.41. The lowest BCUT2D eigenvalue weighted by Gasteiger charge is -2.16. The van der Waals surface area contributed by atoms with Crippen LogP contribution in [0.25, 0.3) is 5.65 Å². The molecule has 0 atom stereocenters. The molecule has 8 nitrogen and oxygen atoms in total. The second-order valence-electron chi connectivity index (χ2n) is 7.41. The molecule has 0 unspecified atom stereocenters. The van der Waals surface area contributed by atoms with Crippen LogP contribution in [0.15, 0.2) is 59.4 Å². The Morgan fingerprint density at radius 1 is 1.16 bits per heavy atom. The maximum absolute atomic E-state index is 13.2. The zero-order valence-electron chi connectivity index (χ0n) is 16.7. The number of para-hydroxylation sites is 1. The zero-order chi connectivity index (χ0) is 21.5. The SMILES string of the molecule is Cc1cc2nn(CC(=O)N3CCc4ccccc43)c(=O)n2c(Nc2ccc(F)cc2)n1. The summed E-state index contributed by atoms with van der Waals surface area (Å²) in [5.74, 6) is -0.315. The lowest BCUT2D eigenvalue weighted by molar-refractivity contribution is -0.119. The van der Waals surface area contributed by atoms with Gasteiger partial charge >= 0.3 is 5.69 Å². The monoisotopic (exact) mass is 418 g/mol. The van der Waals surface area contributed by atoms with Gasteiger partial charge in [-0.1, -0.05) is 18.2 Å². The van der Waals surface area contributed by atoms with Gasteiger partial charge in [0.2, 0.25) is 11.9 Å². The highest BCUT2D eigenvalue weighted by Crippen LogP contribution is 2.27. The first kappa shape index (κ1) is 19.0. The Morgan fingerprint density at radius 2 is 1.94 bits per heavy atom. The highest BCUT2D eigenvalue weighted by molar-refractivity contribution is 5.95. The van der Waals surface area contributed by atoms with Crippen LogP contribution < -0.4 is 15.9 Å². The van der Waals surface area contributed by atoms with Crippen LogP contribution in [-0.2, 0) is 17.8 Å². The zero-order valence-corrected chi connectivity index (χ0v) is 16.7. The Morgan fingerprint density at radius 3 is 2.74 bits per heavy atom. The molecule has 9 heteroatoms. The minimum Gasteiger partial charge on any atom is -0.325 e. The molecule has 0 spiro atoms.